The summed E-state index contributed by atoms with van der Waals surface area (Å²) >= 11 is 0. The summed E-state index contributed by atoms with van der Waals surface area (Å²) in [6, 6.07) is 39.4. The van der Waals surface area contributed by atoms with Crippen LogP contribution in [-0.4, -0.2) is 0 Å². The van der Waals surface area contributed by atoms with Crippen LogP contribution < -0.4 is 4.57 Å². The molecule has 0 spiro atoms. The van der Waals surface area contributed by atoms with Crippen LogP contribution in [0.25, 0.3) is 43.4 Å². The predicted octanol–water partition coefficient (Wildman–Crippen LogP) is 7.15. The summed E-state index contributed by atoms with van der Waals surface area (Å²) in [5.74, 6) is 0. The summed E-state index contributed by atoms with van der Waals surface area (Å²) in [6.07, 6.45) is 4.38. The lowest BCUT2D eigenvalue weighted by Crippen LogP contribution is -2.32. The Morgan fingerprint density at radius 3 is 1.87 bits per heavy atom. The average Bonchev–Trinajstić information content (AvgIpc) is 2.82. The first kappa shape index (κ1) is 17.9. The Morgan fingerprint density at radius 1 is 0.484 bits per heavy atom. The maximum Gasteiger partial charge on any atom is 0.173 e. The molecule has 0 fully saturated rings. The third-order valence-corrected chi connectivity index (χ3v) is 6.12. The highest BCUT2D eigenvalue weighted by Crippen LogP contribution is 2.37. The highest BCUT2D eigenvalue weighted by Gasteiger charge is 2.12. The molecule has 1 heteroatoms. The van der Waals surface area contributed by atoms with E-state index >= 15 is 0 Å². The summed E-state index contributed by atoms with van der Waals surface area (Å²) in [5, 5.41) is 7.73. The van der Waals surface area contributed by atoms with E-state index in [2.05, 4.69) is 126 Å². The first-order valence-corrected chi connectivity index (χ1v) is 10.7. The molecule has 0 aliphatic heterocycles. The van der Waals surface area contributed by atoms with Crippen molar-refractivity contribution in [2.75, 3.05) is 0 Å². The van der Waals surface area contributed by atoms with Gasteiger partial charge in [-0.05, 0) is 61.6 Å². The van der Waals surface area contributed by atoms with Gasteiger partial charge < -0.3 is 0 Å². The number of hydrogen-bond acceptors (Lipinski definition) is 0. The lowest BCUT2D eigenvalue weighted by Gasteiger charge is -2.13. The summed E-state index contributed by atoms with van der Waals surface area (Å²) in [6.45, 7) is 0.877. The average molecular weight is 397 g/mol. The van der Waals surface area contributed by atoms with Crippen molar-refractivity contribution in [2.24, 2.45) is 0 Å². The van der Waals surface area contributed by atoms with Gasteiger partial charge in [0.1, 0.15) is 0 Å². The third-order valence-electron chi connectivity index (χ3n) is 6.12. The molecule has 0 atom stereocenters. The fraction of sp³-hybridized carbons (Fsp3) is 0.0333. The van der Waals surface area contributed by atoms with Crippen LogP contribution in [0.3, 0.4) is 0 Å². The minimum Gasteiger partial charge on any atom is -0.201 e. The largest absolute Gasteiger partial charge is 0.201 e. The van der Waals surface area contributed by atoms with Crippen LogP contribution in [0.4, 0.5) is 0 Å². The van der Waals surface area contributed by atoms with Crippen molar-refractivity contribution in [2.45, 2.75) is 6.54 Å². The summed E-state index contributed by atoms with van der Waals surface area (Å²) in [7, 11) is 0. The van der Waals surface area contributed by atoms with Crippen LogP contribution in [0.1, 0.15) is 5.56 Å². The summed E-state index contributed by atoms with van der Waals surface area (Å²) < 4.78 is 2.24. The van der Waals surface area contributed by atoms with Gasteiger partial charge in [0.15, 0.2) is 18.9 Å². The van der Waals surface area contributed by atoms with E-state index in [-0.39, 0.29) is 0 Å². The van der Waals surface area contributed by atoms with Gasteiger partial charge in [0, 0.05) is 17.7 Å². The Labute approximate surface area is 181 Å². The van der Waals surface area contributed by atoms with E-state index in [1.54, 1.807) is 0 Å². The lowest BCUT2D eigenvalue weighted by atomic mass is 9.91. The van der Waals surface area contributed by atoms with Gasteiger partial charge in [-0.1, -0.05) is 78.9 Å². The second-order valence-corrected chi connectivity index (χ2v) is 8.14. The van der Waals surface area contributed by atoms with E-state index in [1.807, 2.05) is 0 Å². The van der Waals surface area contributed by atoms with Crippen LogP contribution in [0.2, 0.25) is 0 Å². The van der Waals surface area contributed by atoms with Crippen molar-refractivity contribution in [3.05, 3.63) is 127 Å². The minimum absolute atomic E-state index is 0.877. The number of benzene rings is 5. The van der Waals surface area contributed by atoms with Gasteiger partial charge in [-0.3, -0.25) is 0 Å². The monoisotopic (exact) mass is 396 g/mol. The van der Waals surface area contributed by atoms with Gasteiger partial charge >= 0.3 is 0 Å². The summed E-state index contributed by atoms with van der Waals surface area (Å²) in [4.78, 5) is 0. The molecule has 146 valence electrons. The molecule has 6 aromatic rings. The van der Waals surface area contributed by atoms with Crippen molar-refractivity contribution < 1.29 is 4.57 Å². The Balaban J connectivity index is 1.55. The van der Waals surface area contributed by atoms with Gasteiger partial charge in [0.05, 0.1) is 0 Å². The molecule has 6 rings (SSSR count). The van der Waals surface area contributed by atoms with E-state index in [1.165, 1.54) is 49.0 Å². The first-order chi connectivity index (χ1) is 15.3. The molecule has 31 heavy (non-hydrogen) atoms. The number of pyridine rings is 1. The molecule has 1 nitrogen and oxygen atoms in total. The zero-order valence-electron chi connectivity index (χ0n) is 17.2. The molecule has 0 radical (unpaired) electrons. The fourth-order valence-corrected chi connectivity index (χ4v) is 4.59. The van der Waals surface area contributed by atoms with Crippen LogP contribution in [0, 0.1) is 0 Å². The maximum absolute atomic E-state index is 2.34. The Morgan fingerprint density at radius 2 is 1.10 bits per heavy atom. The topological polar surface area (TPSA) is 3.88 Å². The number of hydrogen-bond donors (Lipinski definition) is 0. The Hall–Kier alpha value is -3.97. The number of nitrogens with zero attached hydrogens (tertiary/aromatic N) is 1. The molecule has 5 aromatic carbocycles. The molecular formula is C30H22N+. The van der Waals surface area contributed by atoms with Gasteiger partial charge in [0.25, 0.3) is 0 Å². The van der Waals surface area contributed by atoms with Crippen molar-refractivity contribution in [1.29, 1.82) is 0 Å². The van der Waals surface area contributed by atoms with E-state index in [9.17, 15) is 0 Å². The van der Waals surface area contributed by atoms with E-state index in [0.717, 1.165) is 6.54 Å². The van der Waals surface area contributed by atoms with Crippen molar-refractivity contribution in [1.82, 2.24) is 0 Å². The third kappa shape index (κ3) is 3.25. The van der Waals surface area contributed by atoms with Gasteiger partial charge in [-0.2, -0.15) is 0 Å². The second-order valence-electron chi connectivity index (χ2n) is 8.14. The van der Waals surface area contributed by atoms with Crippen LogP contribution in [0.5, 0.6) is 0 Å². The maximum atomic E-state index is 2.34. The highest BCUT2D eigenvalue weighted by molar-refractivity contribution is 6.15. The Kier molecular flexibility index (Phi) is 4.25. The molecule has 0 saturated heterocycles. The van der Waals surface area contributed by atoms with Gasteiger partial charge in [0.2, 0.25) is 0 Å². The summed E-state index contributed by atoms with van der Waals surface area (Å²) in [5.41, 5.74) is 3.87. The molecule has 0 amide bonds. The zero-order valence-corrected chi connectivity index (χ0v) is 17.2. The lowest BCUT2D eigenvalue weighted by molar-refractivity contribution is -0.688. The van der Waals surface area contributed by atoms with E-state index < -0.39 is 0 Å². The van der Waals surface area contributed by atoms with E-state index in [4.69, 9.17) is 0 Å². The zero-order chi connectivity index (χ0) is 20.6. The molecule has 0 saturated carbocycles. The van der Waals surface area contributed by atoms with Crippen molar-refractivity contribution >= 4 is 32.3 Å². The molecule has 0 bridgehead atoms. The quantitative estimate of drug-likeness (QED) is 0.221. The molecule has 0 unspecified atom stereocenters. The van der Waals surface area contributed by atoms with Crippen LogP contribution in [0.15, 0.2) is 122 Å². The van der Waals surface area contributed by atoms with E-state index in [0.29, 0.717) is 0 Å². The SMILES string of the molecule is c1ccc(C[n+]2ccc(-c3c4ccccc4cc4cc5ccccc5cc34)cc2)cc1. The number of fused-ring (bicyclic) bond motifs is 3. The molecule has 0 aliphatic carbocycles. The standard InChI is InChI=1S/C30H22N/c1-2-8-22(9-3-1)21-31-16-14-23(15-17-31)30-28-13-7-6-12-26(28)19-27-18-24-10-4-5-11-25(24)20-29(27)30/h1-20H,21H2/q+1. The first-order valence-electron chi connectivity index (χ1n) is 10.7. The molecule has 0 N–H and O–H groups in total. The van der Waals surface area contributed by atoms with Gasteiger partial charge in [-0.15, -0.1) is 0 Å². The fourth-order valence-electron chi connectivity index (χ4n) is 4.59. The van der Waals surface area contributed by atoms with Gasteiger partial charge in [-0.25, -0.2) is 4.57 Å². The number of aromatic nitrogens is 1. The molecule has 0 aliphatic rings. The number of rotatable bonds is 3. The normalized spacial score (nSPS) is 11.4. The van der Waals surface area contributed by atoms with Crippen molar-refractivity contribution in [3.63, 3.8) is 0 Å². The van der Waals surface area contributed by atoms with Crippen LogP contribution >= 0.6 is 0 Å². The molecule has 1 heterocycles. The van der Waals surface area contributed by atoms with Crippen LogP contribution in [-0.2, 0) is 6.54 Å². The van der Waals surface area contributed by atoms with Crippen molar-refractivity contribution in [3.8, 4) is 11.1 Å². The second kappa shape index (κ2) is 7.37. The molecule has 1 aromatic heterocycles. The smallest absolute Gasteiger partial charge is 0.173 e. The Bertz CT molecular complexity index is 1530. The molecular weight excluding hydrogens is 374 g/mol. The highest BCUT2D eigenvalue weighted by atomic mass is 14.9. The predicted molar refractivity (Wildman–Crippen MR) is 130 cm³/mol. The minimum atomic E-state index is 0.877.